The van der Waals surface area contributed by atoms with Crippen molar-refractivity contribution in [3.63, 3.8) is 0 Å². The van der Waals surface area contributed by atoms with Gasteiger partial charge in [0, 0.05) is 6.42 Å². The van der Waals surface area contributed by atoms with Crippen molar-refractivity contribution < 1.29 is 39.8 Å². The van der Waals surface area contributed by atoms with Crippen molar-refractivity contribution in [2.45, 2.75) is 429 Å². The Kier molecular flexibility index (Phi) is 59.7. The number of hydrogen-bond acceptors (Lipinski definition) is 8. The molecular formula is C72H141NO8. The lowest BCUT2D eigenvalue weighted by Crippen LogP contribution is -2.60. The highest BCUT2D eigenvalue weighted by Crippen LogP contribution is 2.24. The van der Waals surface area contributed by atoms with E-state index in [0.717, 1.165) is 38.5 Å². The number of nitrogens with one attached hydrogen (secondary N) is 1. The van der Waals surface area contributed by atoms with Gasteiger partial charge in [-0.05, 0) is 38.5 Å². The molecule has 0 aliphatic carbocycles. The average molecular weight is 1150 g/mol. The van der Waals surface area contributed by atoms with Crippen molar-refractivity contribution in [1.82, 2.24) is 5.32 Å². The number of aliphatic hydroxyl groups excluding tert-OH is 5. The van der Waals surface area contributed by atoms with Crippen LogP contribution in [0.3, 0.4) is 0 Å². The molecule has 0 spiro atoms. The SMILES string of the molecule is CCCCCCCCCCCCCC/C=C\CCCCCCCCCCCCCCCCCCCC(=O)NC(COC1OC(CO)C(O)C(O)C1O)C(O)CCCCCCCCCCCCCCCCCCCCCCCCCCC. The summed E-state index contributed by atoms with van der Waals surface area (Å²) in [6, 6.07) is -0.717. The van der Waals surface area contributed by atoms with E-state index in [1.165, 1.54) is 321 Å². The Hall–Kier alpha value is -1.07. The maximum absolute atomic E-state index is 13.2. The molecule has 81 heavy (non-hydrogen) atoms. The summed E-state index contributed by atoms with van der Waals surface area (Å²) in [6.45, 7) is 3.91. The summed E-state index contributed by atoms with van der Waals surface area (Å²) >= 11 is 0. The van der Waals surface area contributed by atoms with Crippen molar-refractivity contribution in [3.05, 3.63) is 12.2 Å². The predicted molar refractivity (Wildman–Crippen MR) is 346 cm³/mol. The Morgan fingerprint density at radius 2 is 0.691 bits per heavy atom. The third kappa shape index (κ3) is 50.8. The topological polar surface area (TPSA) is 149 Å². The van der Waals surface area contributed by atoms with Crippen LogP contribution < -0.4 is 5.32 Å². The minimum atomic E-state index is -1.55. The highest BCUT2D eigenvalue weighted by molar-refractivity contribution is 5.76. The molecule has 9 heteroatoms. The van der Waals surface area contributed by atoms with Gasteiger partial charge in [0.2, 0.25) is 5.91 Å². The van der Waals surface area contributed by atoms with Gasteiger partial charge in [-0.2, -0.15) is 0 Å². The van der Waals surface area contributed by atoms with E-state index >= 15 is 0 Å². The van der Waals surface area contributed by atoms with Gasteiger partial charge in [0.1, 0.15) is 24.4 Å². The smallest absolute Gasteiger partial charge is 0.220 e. The van der Waals surface area contributed by atoms with Crippen LogP contribution in [0.4, 0.5) is 0 Å². The van der Waals surface area contributed by atoms with Gasteiger partial charge < -0.3 is 40.3 Å². The first-order chi connectivity index (χ1) is 39.8. The number of aliphatic hydroxyl groups is 5. The third-order valence-electron chi connectivity index (χ3n) is 17.9. The van der Waals surface area contributed by atoms with E-state index in [0.29, 0.717) is 12.8 Å². The van der Waals surface area contributed by atoms with Crippen molar-refractivity contribution >= 4 is 5.91 Å². The predicted octanol–water partition coefficient (Wildman–Crippen LogP) is 19.9. The summed E-state index contributed by atoms with van der Waals surface area (Å²) in [5.41, 5.74) is 0. The molecule has 0 aromatic rings. The maximum atomic E-state index is 13.2. The van der Waals surface area contributed by atoms with Gasteiger partial charge in [0.25, 0.3) is 0 Å². The van der Waals surface area contributed by atoms with Crippen LogP contribution in [0.5, 0.6) is 0 Å². The van der Waals surface area contributed by atoms with Crippen LogP contribution in [0.1, 0.15) is 386 Å². The molecule has 1 rings (SSSR count). The van der Waals surface area contributed by atoms with Gasteiger partial charge >= 0.3 is 0 Å². The molecule has 482 valence electrons. The number of carbonyl (C=O) groups excluding carboxylic acids is 1. The lowest BCUT2D eigenvalue weighted by atomic mass is 9.99. The van der Waals surface area contributed by atoms with Crippen LogP contribution in [0.15, 0.2) is 12.2 Å². The van der Waals surface area contributed by atoms with E-state index in [4.69, 9.17) is 9.47 Å². The first-order valence-corrected chi connectivity index (χ1v) is 36.4. The quantitative estimate of drug-likeness (QED) is 0.0261. The molecule has 7 atom stereocenters. The minimum absolute atomic E-state index is 0.132. The first kappa shape index (κ1) is 77.9. The fourth-order valence-corrected chi connectivity index (χ4v) is 12.2. The fourth-order valence-electron chi connectivity index (χ4n) is 12.2. The molecule has 1 aliphatic rings. The van der Waals surface area contributed by atoms with Gasteiger partial charge in [-0.3, -0.25) is 4.79 Å². The zero-order chi connectivity index (χ0) is 58.6. The van der Waals surface area contributed by atoms with Crippen molar-refractivity contribution in [3.8, 4) is 0 Å². The summed E-state index contributed by atoms with van der Waals surface area (Å²) in [6.07, 6.45) is 72.9. The Balaban J connectivity index is 2.08. The first-order valence-electron chi connectivity index (χ1n) is 36.4. The molecule has 1 saturated heterocycles. The lowest BCUT2D eigenvalue weighted by molar-refractivity contribution is -0.302. The second kappa shape index (κ2) is 62.0. The zero-order valence-electron chi connectivity index (χ0n) is 54.1. The van der Waals surface area contributed by atoms with Crippen molar-refractivity contribution in [2.24, 2.45) is 0 Å². The number of allylic oxidation sites excluding steroid dienone is 2. The van der Waals surface area contributed by atoms with Gasteiger partial charge in [-0.1, -0.05) is 353 Å². The second-order valence-corrected chi connectivity index (χ2v) is 25.7. The lowest BCUT2D eigenvalue weighted by Gasteiger charge is -2.40. The molecule has 1 amide bonds. The van der Waals surface area contributed by atoms with Crippen LogP contribution in [-0.2, 0) is 14.3 Å². The molecule has 1 fully saturated rings. The summed E-state index contributed by atoms with van der Waals surface area (Å²) in [4.78, 5) is 13.2. The molecule has 9 nitrogen and oxygen atoms in total. The Labute approximate surface area is 503 Å². The molecule has 0 aromatic heterocycles. The third-order valence-corrected chi connectivity index (χ3v) is 17.9. The van der Waals surface area contributed by atoms with Gasteiger partial charge in [0.15, 0.2) is 6.29 Å². The highest BCUT2D eigenvalue weighted by Gasteiger charge is 2.44. The van der Waals surface area contributed by atoms with E-state index in [1.54, 1.807) is 0 Å². The molecule has 6 N–H and O–H groups in total. The van der Waals surface area contributed by atoms with E-state index in [9.17, 15) is 30.3 Å². The van der Waals surface area contributed by atoms with E-state index < -0.39 is 49.5 Å². The summed E-state index contributed by atoms with van der Waals surface area (Å²) in [7, 11) is 0. The van der Waals surface area contributed by atoms with Gasteiger partial charge in [-0.25, -0.2) is 0 Å². The number of amides is 1. The van der Waals surface area contributed by atoms with Gasteiger partial charge in [0.05, 0.1) is 25.4 Å². The molecule has 1 aliphatic heterocycles. The monoisotopic (exact) mass is 1150 g/mol. The van der Waals surface area contributed by atoms with E-state index in [-0.39, 0.29) is 12.5 Å². The van der Waals surface area contributed by atoms with Crippen LogP contribution >= 0.6 is 0 Å². The molecule has 0 aromatic carbocycles. The Morgan fingerprint density at radius 3 is 1.00 bits per heavy atom. The Morgan fingerprint density at radius 1 is 0.407 bits per heavy atom. The van der Waals surface area contributed by atoms with Gasteiger partial charge in [-0.15, -0.1) is 0 Å². The summed E-state index contributed by atoms with van der Waals surface area (Å²) in [5, 5.41) is 55.0. The highest BCUT2D eigenvalue weighted by atomic mass is 16.7. The van der Waals surface area contributed by atoms with Crippen molar-refractivity contribution in [1.29, 1.82) is 0 Å². The zero-order valence-corrected chi connectivity index (χ0v) is 54.1. The van der Waals surface area contributed by atoms with Crippen LogP contribution in [0, 0.1) is 0 Å². The summed E-state index contributed by atoms with van der Waals surface area (Å²) < 4.78 is 11.4. The second-order valence-electron chi connectivity index (χ2n) is 25.7. The number of unbranched alkanes of at least 4 members (excludes halogenated alkanes) is 53. The molecule has 0 bridgehead atoms. The van der Waals surface area contributed by atoms with Crippen LogP contribution in [-0.4, -0.2) is 87.5 Å². The molecule has 0 saturated carbocycles. The number of carbonyl (C=O) groups is 1. The minimum Gasteiger partial charge on any atom is -0.394 e. The number of ether oxygens (including phenoxy) is 2. The molecule has 1 heterocycles. The van der Waals surface area contributed by atoms with E-state index in [2.05, 4.69) is 31.3 Å². The fraction of sp³-hybridized carbons (Fsp3) is 0.958. The molecule has 7 unspecified atom stereocenters. The number of rotatable bonds is 65. The summed E-state index contributed by atoms with van der Waals surface area (Å²) in [5.74, 6) is -0.135. The normalized spacial score (nSPS) is 18.3. The van der Waals surface area contributed by atoms with Crippen LogP contribution in [0.25, 0.3) is 0 Å². The molecular weight excluding hydrogens is 1010 g/mol. The maximum Gasteiger partial charge on any atom is 0.220 e. The molecule has 0 radical (unpaired) electrons. The number of hydrogen-bond donors (Lipinski definition) is 6. The standard InChI is InChI=1S/C72H141NO8/c1-3-5-7-9-11-13-15-17-19-21-23-25-27-29-30-31-32-33-34-35-36-38-40-42-44-46-48-50-52-54-56-58-60-62-68(76)73-65(64-80-72-71(79)70(78)69(77)67(63-74)81-72)66(75)61-59-57-55-53-51-49-47-45-43-41-39-37-28-26-24-22-20-18-16-14-12-10-8-6-4-2/h29-30,65-67,69-72,74-75,77-79H,3-28,31-64H2,1-2H3,(H,73,76)/b30-29-. The van der Waals surface area contributed by atoms with Crippen LogP contribution in [0.2, 0.25) is 0 Å². The average Bonchev–Trinajstić information content (AvgIpc) is 3.50. The Bertz CT molecular complexity index is 1280. The largest absolute Gasteiger partial charge is 0.394 e. The van der Waals surface area contributed by atoms with E-state index in [1.807, 2.05) is 0 Å². The van der Waals surface area contributed by atoms with Crippen molar-refractivity contribution in [2.75, 3.05) is 13.2 Å².